The summed E-state index contributed by atoms with van der Waals surface area (Å²) in [5.41, 5.74) is 0.0924. The predicted molar refractivity (Wildman–Crippen MR) is 60.7 cm³/mol. The number of amides is 1. The van der Waals surface area contributed by atoms with Gasteiger partial charge in [0.2, 0.25) is 5.91 Å². The van der Waals surface area contributed by atoms with E-state index in [1.54, 1.807) is 7.11 Å². The second-order valence-corrected chi connectivity index (χ2v) is 5.55. The number of hydrogen-bond acceptors (Lipinski definition) is 2. The van der Waals surface area contributed by atoms with E-state index in [4.69, 9.17) is 4.74 Å². The van der Waals surface area contributed by atoms with Gasteiger partial charge in [0.1, 0.15) is 0 Å². The van der Waals surface area contributed by atoms with Crippen LogP contribution in [0.5, 0.6) is 0 Å². The molecule has 1 heterocycles. The van der Waals surface area contributed by atoms with Crippen molar-refractivity contribution in [2.45, 2.75) is 46.1 Å². The van der Waals surface area contributed by atoms with Gasteiger partial charge in [0, 0.05) is 26.6 Å². The Bertz CT molecular complexity index is 212. The van der Waals surface area contributed by atoms with Crippen LogP contribution in [0, 0.1) is 5.41 Å². The van der Waals surface area contributed by atoms with Gasteiger partial charge < -0.3 is 9.64 Å². The Morgan fingerprint density at radius 2 is 1.87 bits per heavy atom. The van der Waals surface area contributed by atoms with Gasteiger partial charge in [0.05, 0.1) is 6.10 Å². The van der Waals surface area contributed by atoms with Crippen LogP contribution in [0.4, 0.5) is 0 Å². The fourth-order valence-corrected chi connectivity index (χ4v) is 1.91. The van der Waals surface area contributed by atoms with Crippen LogP contribution in [0.15, 0.2) is 0 Å². The van der Waals surface area contributed by atoms with Crippen LogP contribution in [-0.2, 0) is 9.53 Å². The molecule has 1 saturated heterocycles. The Balaban J connectivity index is 2.37. The standard InChI is InChI=1S/C12H23NO2/c1-12(2,3)9-11(14)13-7-5-10(15-4)6-8-13/h10H,5-9H2,1-4H3. The Kier molecular flexibility index (Phi) is 4.14. The molecule has 0 aromatic carbocycles. The number of carbonyl (C=O) groups is 1. The lowest BCUT2D eigenvalue weighted by Crippen LogP contribution is -2.41. The number of hydrogen-bond donors (Lipinski definition) is 0. The van der Waals surface area contributed by atoms with E-state index in [0.717, 1.165) is 25.9 Å². The van der Waals surface area contributed by atoms with E-state index in [0.29, 0.717) is 12.5 Å². The van der Waals surface area contributed by atoms with Crippen molar-refractivity contribution in [2.75, 3.05) is 20.2 Å². The molecule has 1 aliphatic heterocycles. The zero-order valence-electron chi connectivity index (χ0n) is 10.4. The summed E-state index contributed by atoms with van der Waals surface area (Å²) in [6, 6.07) is 0. The maximum absolute atomic E-state index is 11.9. The number of piperidine rings is 1. The van der Waals surface area contributed by atoms with Crippen molar-refractivity contribution >= 4 is 5.91 Å². The van der Waals surface area contributed by atoms with Gasteiger partial charge >= 0.3 is 0 Å². The lowest BCUT2D eigenvalue weighted by Gasteiger charge is -2.33. The third kappa shape index (κ3) is 4.20. The topological polar surface area (TPSA) is 29.5 Å². The second-order valence-electron chi connectivity index (χ2n) is 5.55. The zero-order chi connectivity index (χ0) is 11.5. The quantitative estimate of drug-likeness (QED) is 0.702. The average Bonchev–Trinajstić information content (AvgIpc) is 2.15. The van der Waals surface area contributed by atoms with Crippen molar-refractivity contribution < 1.29 is 9.53 Å². The number of methoxy groups -OCH3 is 1. The molecule has 0 unspecified atom stereocenters. The second kappa shape index (κ2) is 4.97. The molecule has 3 heteroatoms. The summed E-state index contributed by atoms with van der Waals surface area (Å²) < 4.78 is 5.28. The molecule has 0 atom stereocenters. The Morgan fingerprint density at radius 3 is 2.27 bits per heavy atom. The fourth-order valence-electron chi connectivity index (χ4n) is 1.91. The van der Waals surface area contributed by atoms with Gasteiger partial charge in [-0.2, -0.15) is 0 Å². The molecular formula is C12H23NO2. The first-order chi connectivity index (χ1) is 6.92. The lowest BCUT2D eigenvalue weighted by molar-refractivity contribution is -0.135. The summed E-state index contributed by atoms with van der Waals surface area (Å²) in [5, 5.41) is 0. The first-order valence-corrected chi connectivity index (χ1v) is 5.73. The number of nitrogens with zero attached hydrogens (tertiary/aromatic N) is 1. The molecule has 0 aromatic heterocycles. The van der Waals surface area contributed by atoms with Crippen molar-refractivity contribution in [1.82, 2.24) is 4.90 Å². The highest BCUT2D eigenvalue weighted by molar-refractivity contribution is 5.76. The molecule has 3 nitrogen and oxygen atoms in total. The maximum atomic E-state index is 11.9. The summed E-state index contributed by atoms with van der Waals surface area (Å²) in [6.07, 6.45) is 2.95. The number of carbonyl (C=O) groups excluding carboxylic acids is 1. The zero-order valence-corrected chi connectivity index (χ0v) is 10.4. The van der Waals surface area contributed by atoms with Gasteiger partial charge in [-0.15, -0.1) is 0 Å². The first kappa shape index (κ1) is 12.5. The highest BCUT2D eigenvalue weighted by Crippen LogP contribution is 2.22. The van der Waals surface area contributed by atoms with E-state index in [-0.39, 0.29) is 11.3 Å². The summed E-state index contributed by atoms with van der Waals surface area (Å²) in [7, 11) is 1.75. The van der Waals surface area contributed by atoms with E-state index in [1.165, 1.54) is 0 Å². The van der Waals surface area contributed by atoms with E-state index in [9.17, 15) is 4.79 Å². The average molecular weight is 213 g/mol. The van der Waals surface area contributed by atoms with Crippen molar-refractivity contribution in [3.63, 3.8) is 0 Å². The Labute approximate surface area is 92.8 Å². The highest BCUT2D eigenvalue weighted by Gasteiger charge is 2.25. The smallest absolute Gasteiger partial charge is 0.223 e. The van der Waals surface area contributed by atoms with Crippen LogP contribution < -0.4 is 0 Å². The molecule has 1 amide bonds. The summed E-state index contributed by atoms with van der Waals surface area (Å²) in [6.45, 7) is 8.02. The minimum Gasteiger partial charge on any atom is -0.381 e. The van der Waals surface area contributed by atoms with Crippen molar-refractivity contribution in [3.8, 4) is 0 Å². The SMILES string of the molecule is COC1CCN(C(=O)CC(C)(C)C)CC1. The minimum atomic E-state index is 0.0924. The van der Waals surface area contributed by atoms with Crippen LogP contribution in [0.3, 0.4) is 0 Å². The minimum absolute atomic E-state index is 0.0924. The molecule has 88 valence electrons. The highest BCUT2D eigenvalue weighted by atomic mass is 16.5. The first-order valence-electron chi connectivity index (χ1n) is 5.73. The van der Waals surface area contributed by atoms with Gasteiger partial charge in [0.15, 0.2) is 0 Å². The molecule has 0 N–H and O–H groups in total. The molecule has 0 radical (unpaired) electrons. The van der Waals surface area contributed by atoms with Crippen molar-refractivity contribution in [3.05, 3.63) is 0 Å². The third-order valence-electron chi connectivity index (χ3n) is 2.81. The summed E-state index contributed by atoms with van der Waals surface area (Å²) >= 11 is 0. The van der Waals surface area contributed by atoms with Crippen LogP contribution in [0.25, 0.3) is 0 Å². The third-order valence-corrected chi connectivity index (χ3v) is 2.81. The monoisotopic (exact) mass is 213 g/mol. The molecule has 1 fully saturated rings. The lowest BCUT2D eigenvalue weighted by atomic mass is 9.91. The van der Waals surface area contributed by atoms with Gasteiger partial charge in [-0.05, 0) is 18.3 Å². The normalized spacial score (nSPS) is 19.3. The van der Waals surface area contributed by atoms with Crippen molar-refractivity contribution in [2.24, 2.45) is 5.41 Å². The number of likely N-dealkylation sites (tertiary alicyclic amines) is 1. The summed E-state index contributed by atoms with van der Waals surface area (Å²) in [5.74, 6) is 0.289. The predicted octanol–water partition coefficient (Wildman–Crippen LogP) is 2.06. The van der Waals surface area contributed by atoms with Gasteiger partial charge in [-0.3, -0.25) is 4.79 Å². The van der Waals surface area contributed by atoms with Gasteiger partial charge in [0.25, 0.3) is 0 Å². The van der Waals surface area contributed by atoms with E-state index >= 15 is 0 Å². The fraction of sp³-hybridized carbons (Fsp3) is 0.917. The number of ether oxygens (including phenoxy) is 1. The van der Waals surface area contributed by atoms with Crippen molar-refractivity contribution in [1.29, 1.82) is 0 Å². The largest absolute Gasteiger partial charge is 0.381 e. The molecule has 1 aliphatic rings. The van der Waals surface area contributed by atoms with Gasteiger partial charge in [-0.25, -0.2) is 0 Å². The van der Waals surface area contributed by atoms with Crippen LogP contribution in [0.1, 0.15) is 40.0 Å². The molecule has 0 bridgehead atoms. The van der Waals surface area contributed by atoms with Gasteiger partial charge in [-0.1, -0.05) is 20.8 Å². The van der Waals surface area contributed by atoms with Crippen LogP contribution >= 0.6 is 0 Å². The summed E-state index contributed by atoms with van der Waals surface area (Å²) in [4.78, 5) is 13.9. The van der Waals surface area contributed by atoms with Crippen LogP contribution in [0.2, 0.25) is 0 Å². The molecule has 1 rings (SSSR count). The maximum Gasteiger partial charge on any atom is 0.223 e. The number of rotatable bonds is 2. The van der Waals surface area contributed by atoms with E-state index in [2.05, 4.69) is 20.8 Å². The molecule has 0 saturated carbocycles. The molecule has 15 heavy (non-hydrogen) atoms. The van der Waals surface area contributed by atoms with Crippen LogP contribution in [-0.4, -0.2) is 37.1 Å². The Morgan fingerprint density at radius 1 is 1.33 bits per heavy atom. The Hall–Kier alpha value is -0.570. The van der Waals surface area contributed by atoms with E-state index < -0.39 is 0 Å². The molecular weight excluding hydrogens is 190 g/mol. The van der Waals surface area contributed by atoms with E-state index in [1.807, 2.05) is 4.90 Å². The molecule has 0 spiro atoms. The molecule has 0 aliphatic carbocycles. The molecule has 0 aromatic rings.